The van der Waals surface area contributed by atoms with E-state index >= 15 is 0 Å². The van der Waals surface area contributed by atoms with E-state index in [0.717, 1.165) is 0 Å². The topological polar surface area (TPSA) is 90.8 Å². The second kappa shape index (κ2) is 8.84. The summed E-state index contributed by atoms with van der Waals surface area (Å²) in [7, 11) is 0. The molecule has 0 atom stereocenters. The SMILES string of the molecule is C/C(=N\NC(=O)CCC(=O)Nc1ccccc1Cl)c1ccccc1O. The first-order valence-electron chi connectivity index (χ1n) is 7.63. The van der Waals surface area contributed by atoms with Crippen LogP contribution in [0, 0.1) is 0 Å². The number of carbonyl (C=O) groups is 2. The maximum atomic E-state index is 11.9. The number of para-hydroxylation sites is 2. The molecule has 7 heteroatoms. The predicted molar refractivity (Wildman–Crippen MR) is 97.8 cm³/mol. The molecule has 0 aliphatic carbocycles. The number of halogens is 1. The lowest BCUT2D eigenvalue weighted by molar-refractivity contribution is -0.124. The zero-order chi connectivity index (χ0) is 18.2. The number of phenols is 1. The van der Waals surface area contributed by atoms with Gasteiger partial charge in [-0.2, -0.15) is 5.10 Å². The van der Waals surface area contributed by atoms with Crippen molar-refractivity contribution in [2.24, 2.45) is 5.10 Å². The highest BCUT2D eigenvalue weighted by Crippen LogP contribution is 2.20. The van der Waals surface area contributed by atoms with Crippen molar-refractivity contribution in [2.45, 2.75) is 19.8 Å². The number of aromatic hydroxyl groups is 1. The number of hydrogen-bond acceptors (Lipinski definition) is 4. The highest BCUT2D eigenvalue weighted by Gasteiger charge is 2.09. The lowest BCUT2D eigenvalue weighted by Crippen LogP contribution is -2.21. The third kappa shape index (κ3) is 5.61. The van der Waals surface area contributed by atoms with E-state index in [-0.39, 0.29) is 24.5 Å². The van der Waals surface area contributed by atoms with Gasteiger partial charge in [-0.15, -0.1) is 0 Å². The summed E-state index contributed by atoms with van der Waals surface area (Å²) < 4.78 is 0. The fourth-order valence-electron chi connectivity index (χ4n) is 2.04. The smallest absolute Gasteiger partial charge is 0.240 e. The third-order valence-electron chi connectivity index (χ3n) is 3.37. The molecule has 0 bridgehead atoms. The molecule has 0 aromatic heterocycles. The van der Waals surface area contributed by atoms with Gasteiger partial charge in [0.15, 0.2) is 0 Å². The summed E-state index contributed by atoms with van der Waals surface area (Å²) in [5, 5.41) is 16.7. The lowest BCUT2D eigenvalue weighted by atomic mass is 10.1. The van der Waals surface area contributed by atoms with Crippen LogP contribution in [0.5, 0.6) is 5.75 Å². The normalized spacial score (nSPS) is 11.0. The average molecular weight is 360 g/mol. The molecule has 2 aromatic carbocycles. The fourth-order valence-corrected chi connectivity index (χ4v) is 2.23. The van der Waals surface area contributed by atoms with Crippen molar-refractivity contribution in [3.05, 3.63) is 59.1 Å². The van der Waals surface area contributed by atoms with E-state index in [2.05, 4.69) is 15.8 Å². The summed E-state index contributed by atoms with van der Waals surface area (Å²) >= 11 is 5.95. The van der Waals surface area contributed by atoms with E-state index in [9.17, 15) is 14.7 Å². The van der Waals surface area contributed by atoms with Crippen molar-refractivity contribution in [3.8, 4) is 5.75 Å². The van der Waals surface area contributed by atoms with Crippen LogP contribution < -0.4 is 10.7 Å². The van der Waals surface area contributed by atoms with E-state index < -0.39 is 5.91 Å². The minimum atomic E-state index is -0.399. The van der Waals surface area contributed by atoms with Crippen LogP contribution in [-0.4, -0.2) is 22.6 Å². The molecule has 2 rings (SSSR count). The zero-order valence-electron chi connectivity index (χ0n) is 13.6. The Morgan fingerprint density at radius 1 is 1.04 bits per heavy atom. The predicted octanol–water partition coefficient (Wildman–Crippen LogP) is 3.30. The molecule has 6 nitrogen and oxygen atoms in total. The number of phenolic OH excluding ortho intramolecular Hbond substituents is 1. The van der Waals surface area contributed by atoms with Crippen molar-refractivity contribution in [1.29, 1.82) is 0 Å². The molecule has 130 valence electrons. The van der Waals surface area contributed by atoms with E-state index in [1.165, 1.54) is 6.07 Å². The van der Waals surface area contributed by atoms with Gasteiger partial charge in [-0.05, 0) is 31.2 Å². The van der Waals surface area contributed by atoms with E-state index in [1.807, 2.05) is 0 Å². The van der Waals surface area contributed by atoms with Gasteiger partial charge in [0.2, 0.25) is 11.8 Å². The quantitative estimate of drug-likeness (QED) is 0.546. The molecule has 0 aliphatic heterocycles. The molecule has 0 radical (unpaired) electrons. The molecular weight excluding hydrogens is 342 g/mol. The maximum Gasteiger partial charge on any atom is 0.240 e. The van der Waals surface area contributed by atoms with Gasteiger partial charge >= 0.3 is 0 Å². The first-order chi connectivity index (χ1) is 12.0. The molecule has 0 aliphatic rings. The first-order valence-corrected chi connectivity index (χ1v) is 8.01. The summed E-state index contributed by atoms with van der Waals surface area (Å²) in [5.74, 6) is -0.633. The third-order valence-corrected chi connectivity index (χ3v) is 3.70. The first kappa shape index (κ1) is 18.5. The Morgan fingerprint density at radius 2 is 1.68 bits per heavy atom. The van der Waals surface area contributed by atoms with Gasteiger partial charge in [0, 0.05) is 18.4 Å². The molecule has 0 spiro atoms. The number of benzene rings is 2. The Labute approximate surface area is 150 Å². The van der Waals surface area contributed by atoms with Gasteiger partial charge in [0.25, 0.3) is 0 Å². The van der Waals surface area contributed by atoms with Gasteiger partial charge in [-0.3, -0.25) is 9.59 Å². The van der Waals surface area contributed by atoms with Crippen molar-refractivity contribution < 1.29 is 14.7 Å². The summed E-state index contributed by atoms with van der Waals surface area (Å²) in [4.78, 5) is 23.7. The maximum absolute atomic E-state index is 11.9. The second-order valence-corrected chi connectivity index (χ2v) is 5.68. The minimum absolute atomic E-state index is 0.00219. The number of anilines is 1. The minimum Gasteiger partial charge on any atom is -0.507 e. The number of carbonyl (C=O) groups excluding carboxylic acids is 2. The standard InChI is InChI=1S/C18H18ClN3O3/c1-12(13-6-2-5-9-16(13)23)21-22-18(25)11-10-17(24)20-15-8-4-3-7-14(15)19/h2-9,23H,10-11H2,1H3,(H,20,24)(H,22,25)/b21-12+. The number of hydrazone groups is 1. The molecule has 3 N–H and O–H groups in total. The summed E-state index contributed by atoms with van der Waals surface area (Å²) in [6.45, 7) is 1.67. The van der Waals surface area contributed by atoms with Crippen molar-refractivity contribution in [3.63, 3.8) is 0 Å². The van der Waals surface area contributed by atoms with Gasteiger partial charge in [-0.25, -0.2) is 5.43 Å². The Kier molecular flexibility index (Phi) is 6.54. The molecule has 0 unspecified atom stereocenters. The van der Waals surface area contributed by atoms with Gasteiger partial charge in [0.05, 0.1) is 16.4 Å². The highest BCUT2D eigenvalue weighted by atomic mass is 35.5. The molecule has 2 aromatic rings. The van der Waals surface area contributed by atoms with Gasteiger partial charge in [-0.1, -0.05) is 35.9 Å². The van der Waals surface area contributed by atoms with Crippen molar-refractivity contribution in [1.82, 2.24) is 5.43 Å². The number of rotatable bonds is 6. The van der Waals surface area contributed by atoms with Gasteiger partial charge in [0.1, 0.15) is 5.75 Å². The monoisotopic (exact) mass is 359 g/mol. The van der Waals surface area contributed by atoms with E-state index in [4.69, 9.17) is 11.6 Å². The number of nitrogens with zero attached hydrogens (tertiary/aromatic N) is 1. The molecule has 2 amide bonds. The highest BCUT2D eigenvalue weighted by molar-refractivity contribution is 6.33. The lowest BCUT2D eigenvalue weighted by Gasteiger charge is -2.07. The van der Waals surface area contributed by atoms with Crippen molar-refractivity contribution >= 4 is 34.8 Å². The van der Waals surface area contributed by atoms with Crippen LogP contribution in [0.25, 0.3) is 0 Å². The second-order valence-electron chi connectivity index (χ2n) is 5.28. The zero-order valence-corrected chi connectivity index (χ0v) is 14.4. The van der Waals surface area contributed by atoms with Crippen molar-refractivity contribution in [2.75, 3.05) is 5.32 Å². The molecule has 0 saturated heterocycles. The number of amides is 2. The number of nitrogens with one attached hydrogen (secondary N) is 2. The molecular formula is C18H18ClN3O3. The van der Waals surface area contributed by atoms with Crippen LogP contribution in [-0.2, 0) is 9.59 Å². The molecule has 0 fully saturated rings. The molecule has 0 saturated carbocycles. The summed E-state index contributed by atoms with van der Waals surface area (Å²) in [5.41, 5.74) is 3.87. The van der Waals surface area contributed by atoms with Crippen LogP contribution in [0.1, 0.15) is 25.3 Å². The van der Waals surface area contributed by atoms with Gasteiger partial charge < -0.3 is 10.4 Å². The number of hydrogen-bond donors (Lipinski definition) is 3. The Hall–Kier alpha value is -2.86. The van der Waals surface area contributed by atoms with Crippen LogP contribution in [0.4, 0.5) is 5.69 Å². The Balaban J connectivity index is 1.82. The Morgan fingerprint density at radius 3 is 2.40 bits per heavy atom. The van der Waals surface area contributed by atoms with E-state index in [0.29, 0.717) is 22.0 Å². The summed E-state index contributed by atoms with van der Waals surface area (Å²) in [6.07, 6.45) is -0.0178. The van der Waals surface area contributed by atoms with Crippen LogP contribution in [0.3, 0.4) is 0 Å². The largest absolute Gasteiger partial charge is 0.507 e. The summed E-state index contributed by atoms with van der Waals surface area (Å²) in [6, 6.07) is 13.5. The molecule has 0 heterocycles. The van der Waals surface area contributed by atoms with E-state index in [1.54, 1.807) is 49.4 Å². The van der Waals surface area contributed by atoms with Crippen LogP contribution in [0.2, 0.25) is 5.02 Å². The van der Waals surface area contributed by atoms with Crippen LogP contribution in [0.15, 0.2) is 53.6 Å². The fraction of sp³-hybridized carbons (Fsp3) is 0.167. The average Bonchev–Trinajstić information content (AvgIpc) is 2.60. The Bertz CT molecular complexity index is 806. The van der Waals surface area contributed by atoms with Crippen LogP contribution >= 0.6 is 11.6 Å². The molecule has 25 heavy (non-hydrogen) atoms.